The number of thioether (sulfide) groups is 1. The summed E-state index contributed by atoms with van der Waals surface area (Å²) in [6, 6.07) is 3.70. The van der Waals surface area contributed by atoms with Gasteiger partial charge in [-0.05, 0) is 12.1 Å². The predicted molar refractivity (Wildman–Crippen MR) is 77.2 cm³/mol. The fraction of sp³-hybridized carbons (Fsp3) is 0.615. The molecular weight excluding hydrogens is 319 g/mol. The number of hydrogen-bond acceptors (Lipinski definition) is 4. The van der Waals surface area contributed by atoms with Crippen LogP contribution in [0.25, 0.3) is 0 Å². The molecule has 7 heteroatoms. The number of rotatable bonds is 7. The summed E-state index contributed by atoms with van der Waals surface area (Å²) >= 11 is 7.66. The van der Waals surface area contributed by atoms with Crippen LogP contribution in [0, 0.1) is 0 Å². The predicted octanol–water partition coefficient (Wildman–Crippen LogP) is -2.24. The van der Waals surface area contributed by atoms with Gasteiger partial charge in [-0.15, -0.1) is 11.8 Å². The number of quaternary nitrogens is 1. The van der Waals surface area contributed by atoms with Crippen LogP contribution in [-0.4, -0.2) is 56.8 Å². The zero-order chi connectivity index (χ0) is 13.3. The maximum atomic E-state index is 6.03. The number of morpholine rings is 1. The van der Waals surface area contributed by atoms with Crippen molar-refractivity contribution in [2.75, 3.05) is 51.8 Å². The third kappa shape index (κ3) is 6.61. The average Bonchev–Trinajstić information content (AvgIpc) is 2.45. The van der Waals surface area contributed by atoms with Crippen molar-refractivity contribution in [3.05, 3.63) is 23.4 Å². The van der Waals surface area contributed by atoms with E-state index in [-0.39, 0.29) is 12.4 Å². The molecule has 4 nitrogen and oxygen atoms in total. The monoisotopic (exact) mass is 338 g/mol. The summed E-state index contributed by atoms with van der Waals surface area (Å²) in [7, 11) is 0. The number of pyridine rings is 1. The lowest BCUT2D eigenvalue weighted by Crippen LogP contribution is -3.14. The van der Waals surface area contributed by atoms with Gasteiger partial charge in [-0.2, -0.15) is 0 Å². The first-order valence-corrected chi connectivity index (χ1v) is 7.95. The second kappa shape index (κ2) is 10.7. The molecule has 0 bridgehead atoms. The summed E-state index contributed by atoms with van der Waals surface area (Å²) in [5.41, 5.74) is 0. The van der Waals surface area contributed by atoms with Crippen molar-refractivity contribution in [2.45, 2.75) is 5.03 Å². The van der Waals surface area contributed by atoms with Gasteiger partial charge in [0, 0.05) is 11.9 Å². The number of nitrogens with zero attached hydrogens (tertiary/aromatic N) is 1. The van der Waals surface area contributed by atoms with Gasteiger partial charge in [-0.25, -0.2) is 4.98 Å². The molecule has 0 aromatic carbocycles. The Hall–Kier alpha value is -0.0400. The van der Waals surface area contributed by atoms with E-state index in [1.165, 1.54) is 0 Å². The van der Waals surface area contributed by atoms with E-state index < -0.39 is 0 Å². The van der Waals surface area contributed by atoms with E-state index in [0.29, 0.717) is 5.02 Å². The fourth-order valence-corrected chi connectivity index (χ4v) is 2.92. The van der Waals surface area contributed by atoms with Crippen molar-refractivity contribution in [2.24, 2.45) is 0 Å². The first kappa shape index (κ1) is 18.0. The van der Waals surface area contributed by atoms with Crippen molar-refractivity contribution >= 4 is 23.4 Å². The van der Waals surface area contributed by atoms with Crippen LogP contribution < -0.4 is 17.3 Å². The molecule has 1 aliphatic rings. The second-order valence-corrected chi connectivity index (χ2v) is 5.85. The van der Waals surface area contributed by atoms with Crippen LogP contribution >= 0.6 is 23.4 Å². The van der Waals surface area contributed by atoms with Gasteiger partial charge in [-0.3, -0.25) is 0 Å². The summed E-state index contributed by atoms with van der Waals surface area (Å²) < 4.78 is 11.0. The molecule has 1 N–H and O–H groups in total. The molecule has 0 aliphatic carbocycles. The molecule has 0 saturated carbocycles. The molecule has 0 spiro atoms. The molecule has 2 heterocycles. The van der Waals surface area contributed by atoms with E-state index in [2.05, 4.69) is 4.98 Å². The lowest BCUT2D eigenvalue weighted by molar-refractivity contribution is -0.908. The number of ether oxygens (including phenoxy) is 2. The highest BCUT2D eigenvalue weighted by Gasteiger charge is 2.12. The quantitative estimate of drug-likeness (QED) is 0.450. The highest BCUT2D eigenvalue weighted by atomic mass is 35.5. The van der Waals surface area contributed by atoms with Crippen molar-refractivity contribution < 1.29 is 26.8 Å². The van der Waals surface area contributed by atoms with Crippen LogP contribution in [0.5, 0.6) is 0 Å². The maximum absolute atomic E-state index is 6.03. The molecule has 2 rings (SSSR count). The van der Waals surface area contributed by atoms with Gasteiger partial charge in [0.15, 0.2) is 0 Å². The minimum atomic E-state index is 0. The highest BCUT2D eigenvalue weighted by Crippen LogP contribution is 2.23. The van der Waals surface area contributed by atoms with E-state index in [1.807, 2.05) is 12.1 Å². The highest BCUT2D eigenvalue weighted by molar-refractivity contribution is 7.99. The Kier molecular flexibility index (Phi) is 9.59. The van der Waals surface area contributed by atoms with Gasteiger partial charge < -0.3 is 26.8 Å². The van der Waals surface area contributed by atoms with Crippen molar-refractivity contribution in [3.8, 4) is 0 Å². The Labute approximate surface area is 135 Å². The van der Waals surface area contributed by atoms with Gasteiger partial charge in [0.1, 0.15) is 24.7 Å². The van der Waals surface area contributed by atoms with Gasteiger partial charge >= 0.3 is 0 Å². The summed E-state index contributed by atoms with van der Waals surface area (Å²) in [5, 5.41) is 1.59. The molecule has 1 saturated heterocycles. The van der Waals surface area contributed by atoms with Crippen molar-refractivity contribution in [1.82, 2.24) is 4.98 Å². The first-order valence-electron chi connectivity index (χ1n) is 6.58. The van der Waals surface area contributed by atoms with Crippen LogP contribution in [-0.2, 0) is 9.47 Å². The van der Waals surface area contributed by atoms with Crippen LogP contribution in [0.1, 0.15) is 0 Å². The molecule has 114 valence electrons. The molecule has 1 aromatic rings. The van der Waals surface area contributed by atoms with Gasteiger partial charge in [-0.1, -0.05) is 11.6 Å². The number of nitrogens with one attached hydrogen (secondary N) is 1. The maximum Gasteiger partial charge on any atom is 0.115 e. The van der Waals surface area contributed by atoms with Crippen molar-refractivity contribution in [1.29, 1.82) is 0 Å². The zero-order valence-electron chi connectivity index (χ0n) is 11.3. The van der Waals surface area contributed by atoms with E-state index in [9.17, 15) is 0 Å². The third-order valence-corrected chi connectivity index (χ3v) is 4.38. The lowest BCUT2D eigenvalue weighted by Gasteiger charge is -2.23. The molecule has 0 atom stereocenters. The van der Waals surface area contributed by atoms with Gasteiger partial charge in [0.05, 0.1) is 31.5 Å². The minimum absolute atomic E-state index is 0. The fourth-order valence-electron chi connectivity index (χ4n) is 1.90. The summed E-state index contributed by atoms with van der Waals surface area (Å²) in [6.45, 7) is 6.57. The van der Waals surface area contributed by atoms with E-state index in [0.717, 1.165) is 56.8 Å². The zero-order valence-corrected chi connectivity index (χ0v) is 13.6. The molecule has 1 aliphatic heterocycles. The van der Waals surface area contributed by atoms with Crippen LogP contribution in [0.15, 0.2) is 23.4 Å². The number of aromatic nitrogens is 1. The molecule has 1 aromatic heterocycles. The Balaban J connectivity index is 0.00000200. The minimum Gasteiger partial charge on any atom is -1.00 e. The van der Waals surface area contributed by atoms with Gasteiger partial charge in [0.25, 0.3) is 0 Å². The van der Waals surface area contributed by atoms with Gasteiger partial charge in [0.2, 0.25) is 0 Å². The number of halogens is 2. The van der Waals surface area contributed by atoms with Crippen LogP contribution in [0.3, 0.4) is 0 Å². The third-order valence-electron chi connectivity index (χ3n) is 2.99. The average molecular weight is 339 g/mol. The molecule has 0 amide bonds. The summed E-state index contributed by atoms with van der Waals surface area (Å²) in [4.78, 5) is 5.80. The Morgan fingerprint density at radius 3 is 2.90 bits per heavy atom. The Morgan fingerprint density at radius 1 is 1.35 bits per heavy atom. The Bertz CT molecular complexity index is 379. The van der Waals surface area contributed by atoms with E-state index >= 15 is 0 Å². The first-order chi connectivity index (χ1) is 9.36. The molecule has 20 heavy (non-hydrogen) atoms. The summed E-state index contributed by atoms with van der Waals surface area (Å²) in [5.74, 6) is 0.884. The second-order valence-electron chi connectivity index (χ2n) is 4.36. The van der Waals surface area contributed by atoms with E-state index in [4.69, 9.17) is 21.1 Å². The lowest BCUT2D eigenvalue weighted by atomic mass is 10.4. The standard InChI is InChI=1S/C13H19ClN2O2S.ClH/c14-12-2-1-3-15-13(12)19-11-10-18-9-6-16-4-7-17-8-5-16;/h1-3H,4-11H2;1H. The molecule has 0 radical (unpaired) electrons. The summed E-state index contributed by atoms with van der Waals surface area (Å²) in [6.07, 6.45) is 1.76. The molecule has 0 unspecified atom stereocenters. The van der Waals surface area contributed by atoms with Crippen LogP contribution in [0.4, 0.5) is 0 Å². The molecular formula is C13H20Cl2N2O2S. The SMILES string of the molecule is Clc1cccnc1SCCOCC[NH+]1CCOCC1.[Cl-]. The smallest absolute Gasteiger partial charge is 0.115 e. The molecule has 1 fully saturated rings. The normalized spacial score (nSPS) is 15.8. The Morgan fingerprint density at radius 2 is 2.15 bits per heavy atom. The van der Waals surface area contributed by atoms with Crippen molar-refractivity contribution in [3.63, 3.8) is 0 Å². The van der Waals surface area contributed by atoms with Crippen LogP contribution in [0.2, 0.25) is 5.02 Å². The van der Waals surface area contributed by atoms with E-state index in [1.54, 1.807) is 22.9 Å². The number of hydrogen-bond donors (Lipinski definition) is 1. The largest absolute Gasteiger partial charge is 1.00 e. The topological polar surface area (TPSA) is 35.8 Å².